The fourth-order valence-corrected chi connectivity index (χ4v) is 1.84. The highest BCUT2D eigenvalue weighted by atomic mass is 16.6. The lowest BCUT2D eigenvalue weighted by molar-refractivity contribution is -0.386. The second-order valence-electron chi connectivity index (χ2n) is 4.45. The molecule has 2 rings (SSSR count). The number of hydrogen-bond acceptors (Lipinski definition) is 5. The molecule has 6 heteroatoms. The summed E-state index contributed by atoms with van der Waals surface area (Å²) in [5.74, 6) is -0.454. The van der Waals surface area contributed by atoms with Gasteiger partial charge < -0.3 is 9.84 Å². The zero-order valence-corrected chi connectivity index (χ0v) is 11.6. The van der Waals surface area contributed by atoms with Gasteiger partial charge in [0.1, 0.15) is 0 Å². The SMILES string of the molecule is COc1cc(C=Nc2cccc(C)c2)cc([N+](=O)[O-])c1O. The van der Waals surface area contributed by atoms with E-state index in [1.807, 2.05) is 31.2 Å². The highest BCUT2D eigenvalue weighted by molar-refractivity contribution is 5.85. The van der Waals surface area contributed by atoms with Crippen LogP contribution in [0.3, 0.4) is 0 Å². The van der Waals surface area contributed by atoms with Crippen molar-refractivity contribution in [3.05, 3.63) is 57.6 Å². The van der Waals surface area contributed by atoms with Gasteiger partial charge in [-0.3, -0.25) is 15.1 Å². The number of ether oxygens (including phenoxy) is 1. The number of nitro groups is 1. The first-order chi connectivity index (χ1) is 10.0. The molecule has 0 radical (unpaired) electrons. The molecule has 0 saturated carbocycles. The second-order valence-corrected chi connectivity index (χ2v) is 4.45. The summed E-state index contributed by atoms with van der Waals surface area (Å²) in [6, 6.07) is 10.3. The van der Waals surface area contributed by atoms with Crippen molar-refractivity contribution in [3.63, 3.8) is 0 Å². The largest absolute Gasteiger partial charge is 0.500 e. The molecule has 0 spiro atoms. The van der Waals surface area contributed by atoms with Crippen molar-refractivity contribution < 1.29 is 14.8 Å². The van der Waals surface area contributed by atoms with Crippen LogP contribution in [0.1, 0.15) is 11.1 Å². The fraction of sp³-hybridized carbons (Fsp3) is 0.133. The average molecular weight is 286 g/mol. The molecule has 1 N–H and O–H groups in total. The van der Waals surface area contributed by atoms with Gasteiger partial charge in [-0.2, -0.15) is 0 Å². The maximum absolute atomic E-state index is 10.9. The van der Waals surface area contributed by atoms with Crippen LogP contribution in [0.15, 0.2) is 41.4 Å². The molecule has 0 unspecified atom stereocenters. The van der Waals surface area contributed by atoms with Crippen molar-refractivity contribution in [2.75, 3.05) is 7.11 Å². The summed E-state index contributed by atoms with van der Waals surface area (Å²) in [5, 5.41) is 20.6. The van der Waals surface area contributed by atoms with Gasteiger partial charge in [0, 0.05) is 17.8 Å². The molecule has 6 nitrogen and oxygen atoms in total. The molecule has 0 amide bonds. The molecule has 2 aromatic rings. The maximum Gasteiger partial charge on any atom is 0.315 e. The van der Waals surface area contributed by atoms with Gasteiger partial charge in [-0.1, -0.05) is 12.1 Å². The van der Waals surface area contributed by atoms with Crippen molar-refractivity contribution in [2.45, 2.75) is 6.92 Å². The molecule has 0 fully saturated rings. The molecule has 0 aliphatic carbocycles. The van der Waals surface area contributed by atoms with Crippen molar-refractivity contribution in [1.82, 2.24) is 0 Å². The molecule has 0 aliphatic heterocycles. The Labute approximate surface area is 121 Å². The van der Waals surface area contributed by atoms with Crippen LogP contribution in [0.2, 0.25) is 0 Å². The summed E-state index contributed by atoms with van der Waals surface area (Å²) < 4.78 is 4.93. The van der Waals surface area contributed by atoms with E-state index in [0.717, 1.165) is 11.3 Å². The van der Waals surface area contributed by atoms with E-state index < -0.39 is 16.4 Å². The Hall–Kier alpha value is -2.89. The number of aryl methyl sites for hydroxylation is 1. The maximum atomic E-state index is 10.9. The highest BCUT2D eigenvalue weighted by Crippen LogP contribution is 2.36. The van der Waals surface area contributed by atoms with Crippen LogP contribution in [0, 0.1) is 17.0 Å². The minimum absolute atomic E-state index is 0.0369. The average Bonchev–Trinajstić information content (AvgIpc) is 2.46. The molecule has 108 valence electrons. The third-order valence-corrected chi connectivity index (χ3v) is 2.86. The molecule has 2 aromatic carbocycles. The molecule has 0 aliphatic rings. The standard InChI is InChI=1S/C15H14N2O4/c1-10-4-3-5-12(6-10)16-9-11-7-13(17(19)20)15(18)14(8-11)21-2/h3-9,18H,1-2H3. The number of hydrogen-bond donors (Lipinski definition) is 1. The van der Waals surface area contributed by atoms with Gasteiger partial charge in [-0.25, -0.2) is 0 Å². The molecular weight excluding hydrogens is 272 g/mol. The second kappa shape index (κ2) is 6.04. The molecule has 0 atom stereocenters. The summed E-state index contributed by atoms with van der Waals surface area (Å²) in [6.45, 7) is 1.95. The Bertz CT molecular complexity index is 711. The van der Waals surface area contributed by atoms with E-state index in [9.17, 15) is 15.2 Å². The molecule has 0 heterocycles. The number of phenolic OH excluding ortho intramolecular Hbond substituents is 1. The van der Waals surface area contributed by atoms with Gasteiger partial charge >= 0.3 is 5.69 Å². The molecule has 21 heavy (non-hydrogen) atoms. The lowest BCUT2D eigenvalue weighted by Gasteiger charge is -2.05. The Morgan fingerprint density at radius 2 is 2.10 bits per heavy atom. The van der Waals surface area contributed by atoms with E-state index in [1.54, 1.807) is 0 Å². The van der Waals surface area contributed by atoms with Crippen molar-refractivity contribution >= 4 is 17.6 Å². The van der Waals surface area contributed by atoms with E-state index in [4.69, 9.17) is 4.74 Å². The number of aromatic hydroxyl groups is 1. The lowest BCUT2D eigenvalue weighted by Crippen LogP contribution is -1.94. The van der Waals surface area contributed by atoms with Crippen LogP contribution in [0.4, 0.5) is 11.4 Å². The number of methoxy groups -OCH3 is 1. The van der Waals surface area contributed by atoms with Crippen LogP contribution in [0.5, 0.6) is 11.5 Å². The summed E-state index contributed by atoms with van der Waals surface area (Å²) in [7, 11) is 1.33. The monoisotopic (exact) mass is 286 g/mol. The summed E-state index contributed by atoms with van der Waals surface area (Å²) in [5.41, 5.74) is 1.86. The van der Waals surface area contributed by atoms with Crippen LogP contribution < -0.4 is 4.74 Å². The lowest BCUT2D eigenvalue weighted by atomic mass is 10.2. The summed E-state index contributed by atoms with van der Waals surface area (Å²) in [4.78, 5) is 14.5. The smallest absolute Gasteiger partial charge is 0.315 e. The van der Waals surface area contributed by atoms with E-state index in [-0.39, 0.29) is 5.75 Å². The Morgan fingerprint density at radius 3 is 2.71 bits per heavy atom. The zero-order chi connectivity index (χ0) is 15.4. The van der Waals surface area contributed by atoms with Crippen molar-refractivity contribution in [2.24, 2.45) is 4.99 Å². The number of nitro benzene ring substituents is 1. The first-order valence-corrected chi connectivity index (χ1v) is 6.17. The Kier molecular flexibility index (Phi) is 4.18. The van der Waals surface area contributed by atoms with Crippen molar-refractivity contribution in [1.29, 1.82) is 0 Å². The number of benzene rings is 2. The van der Waals surface area contributed by atoms with E-state index in [1.165, 1.54) is 25.5 Å². The Balaban J connectivity index is 2.40. The predicted octanol–water partition coefficient (Wildman–Crippen LogP) is 3.37. The minimum Gasteiger partial charge on any atom is -0.500 e. The topological polar surface area (TPSA) is 85.0 Å². The van der Waals surface area contributed by atoms with Crippen molar-refractivity contribution in [3.8, 4) is 11.5 Å². The van der Waals surface area contributed by atoms with Gasteiger partial charge in [-0.15, -0.1) is 0 Å². The van der Waals surface area contributed by atoms with E-state index >= 15 is 0 Å². The van der Waals surface area contributed by atoms with Gasteiger partial charge in [-0.05, 0) is 30.7 Å². The summed E-state index contributed by atoms with van der Waals surface area (Å²) >= 11 is 0. The van der Waals surface area contributed by atoms with Crippen LogP contribution >= 0.6 is 0 Å². The third-order valence-electron chi connectivity index (χ3n) is 2.86. The molecular formula is C15H14N2O4. The van der Waals surface area contributed by atoms with Gasteiger partial charge in [0.05, 0.1) is 17.7 Å². The first kappa shape index (κ1) is 14.5. The zero-order valence-electron chi connectivity index (χ0n) is 11.6. The van der Waals surface area contributed by atoms with Crippen LogP contribution in [-0.2, 0) is 0 Å². The molecule has 0 bridgehead atoms. The number of rotatable bonds is 4. The Morgan fingerprint density at radius 1 is 1.33 bits per heavy atom. The van der Waals surface area contributed by atoms with E-state index in [0.29, 0.717) is 5.56 Å². The summed E-state index contributed by atoms with van der Waals surface area (Å²) in [6.07, 6.45) is 1.49. The number of phenols is 1. The van der Waals surface area contributed by atoms with Crippen LogP contribution in [0.25, 0.3) is 0 Å². The minimum atomic E-state index is -0.665. The first-order valence-electron chi connectivity index (χ1n) is 6.17. The van der Waals surface area contributed by atoms with Gasteiger partial charge in [0.25, 0.3) is 0 Å². The van der Waals surface area contributed by atoms with Crippen LogP contribution in [-0.4, -0.2) is 23.4 Å². The molecule has 0 aromatic heterocycles. The highest BCUT2D eigenvalue weighted by Gasteiger charge is 2.19. The number of aliphatic imine (C=N–C) groups is 1. The normalized spacial score (nSPS) is 10.8. The predicted molar refractivity (Wildman–Crippen MR) is 79.7 cm³/mol. The van der Waals surface area contributed by atoms with Gasteiger partial charge in [0.2, 0.25) is 5.75 Å². The van der Waals surface area contributed by atoms with Gasteiger partial charge in [0.15, 0.2) is 5.75 Å². The van der Waals surface area contributed by atoms with E-state index in [2.05, 4.69) is 4.99 Å². The number of nitrogens with zero attached hydrogens (tertiary/aromatic N) is 2. The fourth-order valence-electron chi connectivity index (χ4n) is 1.84. The third kappa shape index (κ3) is 3.36. The quantitative estimate of drug-likeness (QED) is 0.530. The molecule has 0 saturated heterocycles.